The molecule has 138 valence electrons. The van der Waals surface area contributed by atoms with E-state index in [1.807, 2.05) is 24.3 Å². The van der Waals surface area contributed by atoms with Gasteiger partial charge in [-0.1, -0.05) is 26.0 Å². The number of hydrogen-bond acceptors (Lipinski definition) is 4. The quantitative estimate of drug-likeness (QED) is 0.662. The summed E-state index contributed by atoms with van der Waals surface area (Å²) in [5, 5.41) is 2.96. The van der Waals surface area contributed by atoms with Crippen LogP contribution in [0.25, 0.3) is 0 Å². The van der Waals surface area contributed by atoms with Crippen molar-refractivity contribution in [3.63, 3.8) is 0 Å². The maximum Gasteiger partial charge on any atom is 0.234 e. The monoisotopic (exact) mass is 363 g/mol. The van der Waals surface area contributed by atoms with Gasteiger partial charge in [-0.15, -0.1) is 0 Å². The maximum absolute atomic E-state index is 12.1. The first kappa shape index (κ1) is 19.8. The number of nitrogens with zero attached hydrogens (tertiary/aromatic N) is 1. The van der Waals surface area contributed by atoms with Gasteiger partial charge in [0.1, 0.15) is 0 Å². The number of primary amides is 1. The van der Waals surface area contributed by atoms with E-state index >= 15 is 0 Å². The first-order valence-corrected chi connectivity index (χ1v) is 10.1. The molecule has 2 amide bonds. The number of carbonyl (C=O) groups excluding carboxylic acids is 2. The van der Waals surface area contributed by atoms with Crippen molar-refractivity contribution in [1.29, 1.82) is 0 Å². The zero-order valence-electron chi connectivity index (χ0n) is 15.2. The zero-order valence-corrected chi connectivity index (χ0v) is 16.0. The lowest BCUT2D eigenvalue weighted by atomic mass is 10.1. The summed E-state index contributed by atoms with van der Waals surface area (Å²) in [5.74, 6) is 1.94. The van der Waals surface area contributed by atoms with Crippen LogP contribution in [-0.4, -0.2) is 40.8 Å². The molecule has 3 N–H and O–H groups in total. The summed E-state index contributed by atoms with van der Waals surface area (Å²) in [7, 11) is 0. The van der Waals surface area contributed by atoms with Gasteiger partial charge in [0, 0.05) is 12.2 Å². The van der Waals surface area contributed by atoms with E-state index < -0.39 is 0 Å². The van der Waals surface area contributed by atoms with E-state index in [4.69, 9.17) is 5.73 Å². The number of nitrogens with two attached hydrogens (primary N) is 1. The van der Waals surface area contributed by atoms with Gasteiger partial charge in [0.15, 0.2) is 0 Å². The number of nitrogens with one attached hydrogen (secondary N) is 1. The van der Waals surface area contributed by atoms with Crippen molar-refractivity contribution >= 4 is 29.3 Å². The zero-order chi connectivity index (χ0) is 18.2. The molecule has 1 aliphatic heterocycles. The Balaban J connectivity index is 1.84. The number of anilines is 1. The molecule has 6 heteroatoms. The Kier molecular flexibility index (Phi) is 7.78. The highest BCUT2D eigenvalue weighted by Gasteiger charge is 2.28. The summed E-state index contributed by atoms with van der Waals surface area (Å²) in [6, 6.07) is 7.66. The SMILES string of the molecule is CC(C)CCSCC(=O)Nc1cccc(CN2CCCC2C(N)=O)c1. The maximum atomic E-state index is 12.1. The molecule has 1 saturated heterocycles. The number of rotatable bonds is 9. The van der Waals surface area contributed by atoms with Crippen molar-refractivity contribution in [2.24, 2.45) is 11.7 Å². The molecule has 1 aromatic carbocycles. The van der Waals surface area contributed by atoms with Crippen molar-refractivity contribution in [2.75, 3.05) is 23.4 Å². The Morgan fingerprint density at radius 2 is 2.20 bits per heavy atom. The van der Waals surface area contributed by atoms with Gasteiger partial charge >= 0.3 is 0 Å². The predicted molar refractivity (Wildman–Crippen MR) is 104 cm³/mol. The van der Waals surface area contributed by atoms with Gasteiger partial charge in [-0.2, -0.15) is 11.8 Å². The van der Waals surface area contributed by atoms with Crippen LogP contribution in [0.2, 0.25) is 0 Å². The molecule has 0 saturated carbocycles. The molecule has 0 spiro atoms. The lowest BCUT2D eigenvalue weighted by Gasteiger charge is -2.22. The van der Waals surface area contributed by atoms with Crippen LogP contribution in [0.1, 0.15) is 38.7 Å². The highest BCUT2D eigenvalue weighted by atomic mass is 32.2. The number of likely N-dealkylation sites (tertiary alicyclic amines) is 1. The van der Waals surface area contributed by atoms with Gasteiger partial charge in [-0.3, -0.25) is 14.5 Å². The number of thioether (sulfide) groups is 1. The lowest BCUT2D eigenvalue weighted by Crippen LogP contribution is -2.39. The molecule has 25 heavy (non-hydrogen) atoms. The fraction of sp³-hybridized carbons (Fsp3) is 0.579. The third-order valence-electron chi connectivity index (χ3n) is 4.36. The van der Waals surface area contributed by atoms with Gasteiger partial charge in [0.2, 0.25) is 11.8 Å². The molecule has 1 unspecified atom stereocenters. The Morgan fingerprint density at radius 1 is 1.40 bits per heavy atom. The van der Waals surface area contributed by atoms with Crippen LogP contribution in [0.15, 0.2) is 24.3 Å². The second-order valence-electron chi connectivity index (χ2n) is 7.01. The number of carbonyl (C=O) groups is 2. The van der Waals surface area contributed by atoms with Gasteiger partial charge < -0.3 is 11.1 Å². The lowest BCUT2D eigenvalue weighted by molar-refractivity contribution is -0.122. The Morgan fingerprint density at radius 3 is 2.92 bits per heavy atom. The van der Waals surface area contributed by atoms with Gasteiger partial charge in [-0.25, -0.2) is 0 Å². The summed E-state index contributed by atoms with van der Waals surface area (Å²) < 4.78 is 0. The third-order valence-corrected chi connectivity index (χ3v) is 5.35. The summed E-state index contributed by atoms with van der Waals surface area (Å²) in [6.45, 7) is 5.95. The first-order chi connectivity index (χ1) is 12.0. The number of amides is 2. The predicted octanol–water partition coefficient (Wildman–Crippen LogP) is 2.85. The van der Waals surface area contributed by atoms with Gasteiger partial charge in [0.25, 0.3) is 0 Å². The number of benzene rings is 1. The van der Waals surface area contributed by atoms with Crippen LogP contribution in [0, 0.1) is 5.92 Å². The summed E-state index contributed by atoms with van der Waals surface area (Å²) in [5.41, 5.74) is 7.36. The molecule has 5 nitrogen and oxygen atoms in total. The highest BCUT2D eigenvalue weighted by Crippen LogP contribution is 2.21. The second kappa shape index (κ2) is 9.82. The van der Waals surface area contributed by atoms with Crippen LogP contribution < -0.4 is 11.1 Å². The third kappa shape index (κ3) is 6.71. The van der Waals surface area contributed by atoms with Crippen LogP contribution in [0.5, 0.6) is 0 Å². The molecular weight excluding hydrogens is 334 g/mol. The van der Waals surface area contributed by atoms with E-state index in [1.54, 1.807) is 11.8 Å². The van der Waals surface area contributed by atoms with Crippen LogP contribution in [0.4, 0.5) is 5.69 Å². The smallest absolute Gasteiger partial charge is 0.234 e. The molecule has 0 radical (unpaired) electrons. The summed E-state index contributed by atoms with van der Waals surface area (Å²) in [6.07, 6.45) is 2.96. The molecular formula is C19H29N3O2S. The molecule has 1 atom stereocenters. The van der Waals surface area contributed by atoms with Crippen LogP contribution in [0.3, 0.4) is 0 Å². The van der Waals surface area contributed by atoms with Crippen molar-refractivity contribution in [3.05, 3.63) is 29.8 Å². The second-order valence-corrected chi connectivity index (χ2v) is 8.12. The minimum Gasteiger partial charge on any atom is -0.368 e. The van der Waals surface area contributed by atoms with E-state index in [9.17, 15) is 9.59 Å². The Hall–Kier alpha value is -1.53. The van der Waals surface area contributed by atoms with Crippen LogP contribution in [-0.2, 0) is 16.1 Å². The normalized spacial score (nSPS) is 17.8. The fourth-order valence-corrected chi connectivity index (χ4v) is 4.04. The van der Waals surface area contributed by atoms with E-state index in [1.165, 1.54) is 0 Å². The minimum atomic E-state index is -0.250. The average Bonchev–Trinajstić information content (AvgIpc) is 3.00. The van der Waals surface area contributed by atoms with Crippen molar-refractivity contribution in [3.8, 4) is 0 Å². The standard InChI is InChI=1S/C19H29N3O2S/c1-14(2)8-10-25-13-18(23)21-16-6-3-5-15(11-16)12-22-9-4-7-17(22)19(20)24/h3,5-6,11,14,17H,4,7-10,12-13H2,1-2H3,(H2,20,24)(H,21,23). The Labute approximate surface area is 154 Å². The van der Waals surface area contributed by atoms with Gasteiger partial charge in [0.05, 0.1) is 11.8 Å². The molecule has 1 aromatic rings. The first-order valence-electron chi connectivity index (χ1n) is 8.95. The summed E-state index contributed by atoms with van der Waals surface area (Å²) >= 11 is 1.67. The van der Waals surface area contributed by atoms with Gasteiger partial charge in [-0.05, 0) is 55.2 Å². The molecule has 1 fully saturated rings. The largest absolute Gasteiger partial charge is 0.368 e. The molecule has 0 bridgehead atoms. The molecule has 0 aromatic heterocycles. The molecule has 1 heterocycles. The number of hydrogen-bond donors (Lipinski definition) is 2. The fourth-order valence-electron chi connectivity index (χ4n) is 3.00. The van der Waals surface area contributed by atoms with E-state index in [0.717, 1.165) is 42.8 Å². The van der Waals surface area contributed by atoms with E-state index in [2.05, 4.69) is 24.1 Å². The van der Waals surface area contributed by atoms with Crippen LogP contribution >= 0.6 is 11.8 Å². The van der Waals surface area contributed by atoms with E-state index in [-0.39, 0.29) is 17.9 Å². The van der Waals surface area contributed by atoms with Crippen molar-refractivity contribution in [1.82, 2.24) is 4.90 Å². The topological polar surface area (TPSA) is 75.4 Å². The van der Waals surface area contributed by atoms with Crippen molar-refractivity contribution < 1.29 is 9.59 Å². The Bertz CT molecular complexity index is 592. The van der Waals surface area contributed by atoms with E-state index in [0.29, 0.717) is 18.2 Å². The molecule has 0 aliphatic carbocycles. The average molecular weight is 364 g/mol. The molecule has 1 aliphatic rings. The molecule has 2 rings (SSSR count). The van der Waals surface area contributed by atoms with Crippen molar-refractivity contribution in [2.45, 2.75) is 45.7 Å². The minimum absolute atomic E-state index is 0.0297. The highest BCUT2D eigenvalue weighted by molar-refractivity contribution is 7.99. The summed E-state index contributed by atoms with van der Waals surface area (Å²) in [4.78, 5) is 25.7.